The molecule has 0 fully saturated rings. The first kappa shape index (κ1) is 19.7. The summed E-state index contributed by atoms with van der Waals surface area (Å²) in [5.74, 6) is 0.00450. The van der Waals surface area contributed by atoms with Crippen LogP contribution in [0.1, 0.15) is 64.5 Å². The van der Waals surface area contributed by atoms with Crippen LogP contribution in [0.15, 0.2) is 29.8 Å². The number of carboxylic acid groups (broad SMARTS) is 1. The first-order valence-corrected chi connectivity index (χ1v) is 9.70. The average molecular weight is 370 g/mol. The SMILES string of the molecule is CC(C)(CC1=C(c2ccc3c(c2)C=CCO3)C(C)(C)CCC1)OCC(=O)O. The molecule has 0 unspecified atom stereocenters. The summed E-state index contributed by atoms with van der Waals surface area (Å²) in [7, 11) is 0. The van der Waals surface area contributed by atoms with E-state index in [1.807, 2.05) is 19.9 Å². The fourth-order valence-electron chi connectivity index (χ4n) is 4.34. The molecule has 146 valence electrons. The second-order valence-corrected chi connectivity index (χ2v) is 8.80. The first-order chi connectivity index (χ1) is 12.7. The molecule has 0 spiro atoms. The lowest BCUT2D eigenvalue weighted by atomic mass is 9.68. The van der Waals surface area contributed by atoms with Gasteiger partial charge in [0, 0.05) is 5.56 Å². The number of carbonyl (C=O) groups is 1. The normalized spacial score (nSPS) is 18.8. The van der Waals surface area contributed by atoms with Crippen molar-refractivity contribution in [3.05, 3.63) is 41.0 Å². The molecule has 1 heterocycles. The molecule has 2 aliphatic rings. The first-order valence-electron chi connectivity index (χ1n) is 9.70. The Hall–Kier alpha value is -2.07. The molecule has 0 aromatic heterocycles. The van der Waals surface area contributed by atoms with Gasteiger partial charge in [-0.25, -0.2) is 4.79 Å². The van der Waals surface area contributed by atoms with E-state index >= 15 is 0 Å². The minimum atomic E-state index is -0.928. The Labute approximate surface area is 161 Å². The second kappa shape index (κ2) is 7.51. The van der Waals surface area contributed by atoms with Gasteiger partial charge in [0.25, 0.3) is 0 Å². The van der Waals surface area contributed by atoms with Crippen LogP contribution in [0.25, 0.3) is 11.6 Å². The molecule has 1 aliphatic carbocycles. The van der Waals surface area contributed by atoms with Crippen LogP contribution in [0.2, 0.25) is 0 Å². The van der Waals surface area contributed by atoms with E-state index in [0.29, 0.717) is 6.61 Å². The minimum absolute atomic E-state index is 0.0733. The van der Waals surface area contributed by atoms with Crippen LogP contribution in [0.4, 0.5) is 0 Å². The third-order valence-electron chi connectivity index (χ3n) is 5.47. The maximum absolute atomic E-state index is 10.9. The third-order valence-corrected chi connectivity index (χ3v) is 5.47. The van der Waals surface area contributed by atoms with Crippen molar-refractivity contribution in [3.63, 3.8) is 0 Å². The topological polar surface area (TPSA) is 55.8 Å². The molecule has 4 heteroatoms. The van der Waals surface area contributed by atoms with Gasteiger partial charge in [0.2, 0.25) is 0 Å². The van der Waals surface area contributed by atoms with E-state index in [9.17, 15) is 4.79 Å². The van der Waals surface area contributed by atoms with Crippen LogP contribution in [-0.4, -0.2) is 29.9 Å². The van der Waals surface area contributed by atoms with E-state index in [-0.39, 0.29) is 12.0 Å². The van der Waals surface area contributed by atoms with Gasteiger partial charge in [-0.05, 0) is 74.3 Å². The van der Waals surface area contributed by atoms with Crippen molar-refractivity contribution in [2.75, 3.05) is 13.2 Å². The van der Waals surface area contributed by atoms with Gasteiger partial charge < -0.3 is 14.6 Å². The Morgan fingerprint density at radius 1 is 1.33 bits per heavy atom. The van der Waals surface area contributed by atoms with Crippen molar-refractivity contribution in [3.8, 4) is 5.75 Å². The highest BCUT2D eigenvalue weighted by Crippen LogP contribution is 2.48. The number of hydrogen-bond acceptors (Lipinski definition) is 3. The van der Waals surface area contributed by atoms with Gasteiger partial charge in [-0.3, -0.25) is 0 Å². The monoisotopic (exact) mass is 370 g/mol. The van der Waals surface area contributed by atoms with Gasteiger partial charge in [0.05, 0.1) is 5.60 Å². The Kier molecular flexibility index (Phi) is 5.48. The summed E-state index contributed by atoms with van der Waals surface area (Å²) in [6.45, 7) is 8.93. The van der Waals surface area contributed by atoms with Crippen LogP contribution in [0.3, 0.4) is 0 Å². The number of benzene rings is 1. The molecule has 0 saturated heterocycles. The number of carboxylic acids is 1. The highest BCUT2D eigenvalue weighted by Gasteiger charge is 2.34. The average Bonchev–Trinajstić information content (AvgIpc) is 2.59. The summed E-state index contributed by atoms with van der Waals surface area (Å²) in [5.41, 5.74) is 4.67. The molecule has 1 N–H and O–H groups in total. The number of allylic oxidation sites excluding steroid dienone is 1. The highest BCUT2D eigenvalue weighted by atomic mass is 16.5. The summed E-state index contributed by atoms with van der Waals surface area (Å²) >= 11 is 0. The second-order valence-electron chi connectivity index (χ2n) is 8.80. The number of aliphatic carboxylic acids is 1. The third kappa shape index (κ3) is 4.62. The number of rotatable bonds is 6. The summed E-state index contributed by atoms with van der Waals surface area (Å²) in [6.07, 6.45) is 8.22. The fraction of sp³-hybridized carbons (Fsp3) is 0.522. The molecule has 0 amide bonds. The molecule has 0 radical (unpaired) electrons. The molecule has 1 aromatic carbocycles. The van der Waals surface area contributed by atoms with E-state index in [1.54, 1.807) is 0 Å². The molecule has 0 bridgehead atoms. The lowest BCUT2D eigenvalue weighted by Crippen LogP contribution is -2.30. The van der Waals surface area contributed by atoms with Gasteiger partial charge in [-0.15, -0.1) is 0 Å². The number of hydrogen-bond donors (Lipinski definition) is 1. The predicted molar refractivity (Wildman–Crippen MR) is 108 cm³/mol. The van der Waals surface area contributed by atoms with Crippen molar-refractivity contribution < 1.29 is 19.4 Å². The van der Waals surface area contributed by atoms with Crippen LogP contribution in [0.5, 0.6) is 5.75 Å². The van der Waals surface area contributed by atoms with Gasteiger partial charge in [-0.1, -0.05) is 31.6 Å². The maximum Gasteiger partial charge on any atom is 0.329 e. The van der Waals surface area contributed by atoms with E-state index in [0.717, 1.165) is 37.0 Å². The van der Waals surface area contributed by atoms with Gasteiger partial charge >= 0.3 is 5.97 Å². The van der Waals surface area contributed by atoms with E-state index in [2.05, 4.69) is 38.1 Å². The minimum Gasteiger partial charge on any atom is -0.489 e. The smallest absolute Gasteiger partial charge is 0.329 e. The lowest BCUT2D eigenvalue weighted by Gasteiger charge is -2.38. The lowest BCUT2D eigenvalue weighted by molar-refractivity contribution is -0.148. The maximum atomic E-state index is 10.9. The van der Waals surface area contributed by atoms with Crippen LogP contribution < -0.4 is 4.74 Å². The van der Waals surface area contributed by atoms with Crippen molar-refractivity contribution in [1.29, 1.82) is 0 Å². The molecule has 27 heavy (non-hydrogen) atoms. The van der Waals surface area contributed by atoms with Crippen molar-refractivity contribution in [1.82, 2.24) is 0 Å². The zero-order valence-corrected chi connectivity index (χ0v) is 16.8. The molecule has 1 aliphatic heterocycles. The summed E-state index contributed by atoms with van der Waals surface area (Å²) < 4.78 is 11.4. The van der Waals surface area contributed by atoms with Gasteiger partial charge in [0.15, 0.2) is 0 Å². The molecule has 3 rings (SSSR count). The van der Waals surface area contributed by atoms with E-state index in [1.165, 1.54) is 16.7 Å². The zero-order chi connectivity index (χ0) is 19.7. The Morgan fingerprint density at radius 3 is 2.85 bits per heavy atom. The standard InChI is InChI=1S/C23H30O4/c1-22(2)11-5-7-18(14-23(3,4)27-15-20(24)25)21(22)17-9-10-19-16(13-17)8-6-12-26-19/h6,8-10,13H,5,7,11-12,14-15H2,1-4H3,(H,24,25). The Balaban J connectivity index is 1.98. The number of fused-ring (bicyclic) bond motifs is 1. The van der Waals surface area contributed by atoms with Gasteiger partial charge in [0.1, 0.15) is 19.0 Å². The van der Waals surface area contributed by atoms with Gasteiger partial charge in [-0.2, -0.15) is 0 Å². The summed E-state index contributed by atoms with van der Waals surface area (Å²) in [4.78, 5) is 10.9. The quantitative estimate of drug-likeness (QED) is 0.736. The molecule has 0 saturated carbocycles. The molecule has 4 nitrogen and oxygen atoms in total. The van der Waals surface area contributed by atoms with E-state index in [4.69, 9.17) is 14.6 Å². The molecule has 1 aromatic rings. The number of ether oxygens (including phenoxy) is 2. The summed E-state index contributed by atoms with van der Waals surface area (Å²) in [5, 5.41) is 8.95. The molecular formula is C23H30O4. The zero-order valence-electron chi connectivity index (χ0n) is 16.8. The van der Waals surface area contributed by atoms with Crippen LogP contribution in [0, 0.1) is 5.41 Å². The summed E-state index contributed by atoms with van der Waals surface area (Å²) in [6, 6.07) is 6.44. The Morgan fingerprint density at radius 2 is 2.11 bits per heavy atom. The van der Waals surface area contributed by atoms with Crippen LogP contribution >= 0.6 is 0 Å². The molecular weight excluding hydrogens is 340 g/mol. The van der Waals surface area contributed by atoms with Crippen molar-refractivity contribution in [2.45, 2.75) is 59.0 Å². The Bertz CT molecular complexity index is 784. The van der Waals surface area contributed by atoms with Crippen molar-refractivity contribution >= 4 is 17.6 Å². The fourth-order valence-corrected chi connectivity index (χ4v) is 4.34. The largest absolute Gasteiger partial charge is 0.489 e. The highest BCUT2D eigenvalue weighted by molar-refractivity contribution is 5.77. The van der Waals surface area contributed by atoms with Crippen LogP contribution in [-0.2, 0) is 9.53 Å². The predicted octanol–water partition coefficient (Wildman–Crippen LogP) is 5.33. The molecule has 0 atom stereocenters. The van der Waals surface area contributed by atoms with Crippen molar-refractivity contribution in [2.24, 2.45) is 5.41 Å². The van der Waals surface area contributed by atoms with E-state index < -0.39 is 11.6 Å².